The molecule has 3 heteroatoms. The van der Waals surface area contributed by atoms with Crippen LogP contribution in [0.5, 0.6) is 0 Å². The largest absolute Gasteiger partial charge is 0.317 e. The van der Waals surface area contributed by atoms with E-state index in [2.05, 4.69) is 37.3 Å². The van der Waals surface area contributed by atoms with Crippen molar-refractivity contribution in [3.63, 3.8) is 0 Å². The highest BCUT2D eigenvalue weighted by Gasteiger charge is 1.96. The summed E-state index contributed by atoms with van der Waals surface area (Å²) in [7, 11) is 2.20. The molecule has 0 amide bonds. The van der Waals surface area contributed by atoms with E-state index in [1.807, 2.05) is 30.0 Å². The molecule has 20 heavy (non-hydrogen) atoms. The Morgan fingerprint density at radius 3 is 2.60 bits per heavy atom. The van der Waals surface area contributed by atoms with E-state index in [1.54, 1.807) is 0 Å². The highest BCUT2D eigenvalue weighted by Crippen LogP contribution is 2.09. The van der Waals surface area contributed by atoms with Crippen LogP contribution in [-0.2, 0) is 0 Å². The number of thioether (sulfide) groups is 1. The van der Waals surface area contributed by atoms with Gasteiger partial charge in [-0.15, -0.1) is 0 Å². The molecule has 0 aromatic rings. The van der Waals surface area contributed by atoms with Crippen molar-refractivity contribution in [2.75, 3.05) is 44.7 Å². The van der Waals surface area contributed by atoms with Gasteiger partial charge in [0, 0.05) is 5.75 Å². The van der Waals surface area contributed by atoms with E-state index in [0.29, 0.717) is 0 Å². The second kappa shape index (κ2) is 14.9. The molecular weight excluding hydrogens is 264 g/mol. The second-order valence-corrected chi connectivity index (χ2v) is 6.10. The highest BCUT2D eigenvalue weighted by atomic mass is 32.2. The van der Waals surface area contributed by atoms with Gasteiger partial charge in [-0.25, -0.2) is 0 Å². The van der Waals surface area contributed by atoms with Crippen molar-refractivity contribution in [1.29, 1.82) is 0 Å². The average molecular weight is 297 g/mol. The summed E-state index contributed by atoms with van der Waals surface area (Å²) in [6, 6.07) is 0. The van der Waals surface area contributed by atoms with E-state index in [4.69, 9.17) is 0 Å². The number of allylic oxidation sites excluding steroid dienone is 3. The monoisotopic (exact) mass is 296 g/mol. The molecule has 0 saturated carbocycles. The van der Waals surface area contributed by atoms with Crippen LogP contribution in [-0.4, -0.2) is 49.6 Å². The molecular formula is C17H32N2S. The van der Waals surface area contributed by atoms with E-state index >= 15 is 0 Å². The Morgan fingerprint density at radius 1 is 1.20 bits per heavy atom. The Bertz CT molecular complexity index is 274. The van der Waals surface area contributed by atoms with E-state index < -0.39 is 0 Å². The third kappa shape index (κ3) is 12.5. The number of rotatable bonds is 14. The minimum absolute atomic E-state index is 1.04. The fourth-order valence-electron chi connectivity index (χ4n) is 1.91. The van der Waals surface area contributed by atoms with Crippen LogP contribution in [0.1, 0.15) is 26.2 Å². The molecule has 2 nitrogen and oxygen atoms in total. The zero-order valence-corrected chi connectivity index (χ0v) is 14.2. The third-order valence-corrected chi connectivity index (χ3v) is 4.12. The number of nitrogens with one attached hydrogen (secondary N) is 1. The fraction of sp³-hybridized carbons (Fsp3) is 0.647. The first-order valence-electron chi connectivity index (χ1n) is 7.65. The SMILES string of the molecule is C=C/C=C(\C=C)CSCCCNCCCN(C)CCC. The lowest BCUT2D eigenvalue weighted by molar-refractivity contribution is 0.327. The molecule has 0 heterocycles. The lowest BCUT2D eigenvalue weighted by Crippen LogP contribution is -2.25. The van der Waals surface area contributed by atoms with Crippen molar-refractivity contribution in [1.82, 2.24) is 10.2 Å². The lowest BCUT2D eigenvalue weighted by Gasteiger charge is -2.15. The van der Waals surface area contributed by atoms with Gasteiger partial charge < -0.3 is 10.2 Å². The smallest absolute Gasteiger partial charge is 0.0184 e. The number of nitrogens with zero attached hydrogens (tertiary/aromatic N) is 1. The molecule has 0 spiro atoms. The molecule has 0 saturated heterocycles. The quantitative estimate of drug-likeness (QED) is 0.388. The van der Waals surface area contributed by atoms with Gasteiger partial charge in [0.2, 0.25) is 0 Å². The van der Waals surface area contributed by atoms with Gasteiger partial charge in [0.1, 0.15) is 0 Å². The van der Waals surface area contributed by atoms with Gasteiger partial charge in [-0.1, -0.05) is 38.3 Å². The summed E-state index contributed by atoms with van der Waals surface area (Å²) in [4.78, 5) is 2.40. The number of hydrogen-bond donors (Lipinski definition) is 1. The molecule has 0 rings (SSSR count). The Labute approximate surface area is 130 Å². The molecule has 0 atom stereocenters. The zero-order valence-electron chi connectivity index (χ0n) is 13.4. The van der Waals surface area contributed by atoms with Crippen molar-refractivity contribution in [3.8, 4) is 0 Å². The van der Waals surface area contributed by atoms with Gasteiger partial charge in [0.05, 0.1) is 0 Å². The molecule has 0 bridgehead atoms. The zero-order chi connectivity index (χ0) is 15.1. The normalized spacial score (nSPS) is 11.8. The summed E-state index contributed by atoms with van der Waals surface area (Å²) in [5.41, 5.74) is 1.26. The lowest BCUT2D eigenvalue weighted by atomic mass is 10.3. The first-order chi connectivity index (χ1) is 9.74. The van der Waals surface area contributed by atoms with Gasteiger partial charge in [-0.05, 0) is 63.8 Å². The van der Waals surface area contributed by atoms with Crippen LogP contribution >= 0.6 is 11.8 Å². The number of hydrogen-bond acceptors (Lipinski definition) is 3. The molecule has 0 fully saturated rings. The van der Waals surface area contributed by atoms with Crippen molar-refractivity contribution < 1.29 is 0 Å². The Hall–Kier alpha value is -0.510. The van der Waals surface area contributed by atoms with Gasteiger partial charge in [-0.3, -0.25) is 0 Å². The average Bonchev–Trinajstić information content (AvgIpc) is 2.44. The van der Waals surface area contributed by atoms with Crippen LogP contribution < -0.4 is 5.32 Å². The summed E-state index contributed by atoms with van der Waals surface area (Å²) in [5, 5.41) is 3.52. The van der Waals surface area contributed by atoms with E-state index in [0.717, 1.165) is 18.8 Å². The molecule has 1 N–H and O–H groups in total. The molecule has 0 aromatic heterocycles. The van der Waals surface area contributed by atoms with Crippen LogP contribution in [0.25, 0.3) is 0 Å². The Balaban J connectivity index is 3.30. The fourth-order valence-corrected chi connectivity index (χ4v) is 2.85. The maximum atomic E-state index is 3.81. The summed E-state index contributed by atoms with van der Waals surface area (Å²) < 4.78 is 0. The molecule has 0 radical (unpaired) electrons. The van der Waals surface area contributed by atoms with Crippen LogP contribution in [0.15, 0.2) is 37.0 Å². The van der Waals surface area contributed by atoms with Crippen molar-refractivity contribution in [2.45, 2.75) is 26.2 Å². The van der Waals surface area contributed by atoms with Crippen LogP contribution in [0.3, 0.4) is 0 Å². The van der Waals surface area contributed by atoms with Crippen LogP contribution in [0.4, 0.5) is 0 Å². The maximum absolute atomic E-state index is 3.81. The van der Waals surface area contributed by atoms with E-state index in [9.17, 15) is 0 Å². The van der Waals surface area contributed by atoms with E-state index in [-0.39, 0.29) is 0 Å². The van der Waals surface area contributed by atoms with Crippen LogP contribution in [0, 0.1) is 0 Å². The predicted molar refractivity (Wildman–Crippen MR) is 95.7 cm³/mol. The Kier molecular flexibility index (Phi) is 14.5. The summed E-state index contributed by atoms with van der Waals surface area (Å²) >= 11 is 1.97. The molecule has 0 aliphatic carbocycles. The predicted octanol–water partition coefficient (Wildman–Crippen LogP) is 3.73. The minimum atomic E-state index is 1.04. The molecule has 0 unspecified atom stereocenters. The summed E-state index contributed by atoms with van der Waals surface area (Å²) in [5.74, 6) is 2.24. The van der Waals surface area contributed by atoms with Gasteiger partial charge in [0.15, 0.2) is 0 Å². The first kappa shape index (κ1) is 19.5. The summed E-state index contributed by atoms with van der Waals surface area (Å²) in [6.07, 6.45) is 9.49. The first-order valence-corrected chi connectivity index (χ1v) is 8.81. The highest BCUT2D eigenvalue weighted by molar-refractivity contribution is 7.99. The standard InChI is InChI=1S/C17H32N2S/c1-5-10-17(7-3)16-20-15-9-12-18-11-8-14-19(4)13-6-2/h5,7,10,18H,1,3,6,8-9,11-16H2,2,4H3/b17-10+. The molecule has 0 aliphatic rings. The van der Waals surface area contributed by atoms with Crippen molar-refractivity contribution in [3.05, 3.63) is 37.0 Å². The van der Waals surface area contributed by atoms with Crippen molar-refractivity contribution in [2.24, 2.45) is 0 Å². The second-order valence-electron chi connectivity index (χ2n) is 4.99. The molecule has 0 aromatic carbocycles. The van der Waals surface area contributed by atoms with Gasteiger partial charge in [0.25, 0.3) is 0 Å². The maximum Gasteiger partial charge on any atom is 0.0184 e. The van der Waals surface area contributed by atoms with Gasteiger partial charge in [-0.2, -0.15) is 11.8 Å². The summed E-state index contributed by atoms with van der Waals surface area (Å²) in [6.45, 7) is 14.4. The third-order valence-electron chi connectivity index (χ3n) is 3.00. The van der Waals surface area contributed by atoms with Crippen LogP contribution in [0.2, 0.25) is 0 Å². The Morgan fingerprint density at radius 2 is 1.95 bits per heavy atom. The minimum Gasteiger partial charge on any atom is -0.317 e. The topological polar surface area (TPSA) is 15.3 Å². The van der Waals surface area contributed by atoms with Gasteiger partial charge >= 0.3 is 0 Å². The van der Waals surface area contributed by atoms with Crippen molar-refractivity contribution >= 4 is 11.8 Å². The van der Waals surface area contributed by atoms with E-state index in [1.165, 1.54) is 43.7 Å². The molecule has 0 aliphatic heterocycles. The molecule has 116 valence electrons.